The van der Waals surface area contributed by atoms with Crippen LogP contribution in [0.15, 0.2) is 72.8 Å². The Kier molecular flexibility index (Phi) is 7.15. The van der Waals surface area contributed by atoms with E-state index in [9.17, 15) is 19.5 Å². The standard InChI is InChI=1S/C28H28N2O5/c1-3-24(27(32)33)29-26(31)25(18-14-12-17(2)13-15-18)30-28(34)35-16-23-21-10-6-4-8-19(21)20-9-5-7-11-22(20)23/h4-15,23-25H,3,16H2,1-2H3,(H,29,31)(H,30,34)(H,32,33)/t24-,25?/m0/s1. The van der Waals surface area contributed by atoms with Gasteiger partial charge in [0.15, 0.2) is 0 Å². The van der Waals surface area contributed by atoms with Gasteiger partial charge >= 0.3 is 12.1 Å². The molecule has 180 valence electrons. The van der Waals surface area contributed by atoms with Gasteiger partial charge in [-0.15, -0.1) is 0 Å². The summed E-state index contributed by atoms with van der Waals surface area (Å²) in [7, 11) is 0. The molecule has 7 heteroatoms. The lowest BCUT2D eigenvalue weighted by Gasteiger charge is -2.22. The predicted molar refractivity (Wildman–Crippen MR) is 132 cm³/mol. The summed E-state index contributed by atoms with van der Waals surface area (Å²) in [6.07, 6.45) is -0.539. The van der Waals surface area contributed by atoms with Crippen LogP contribution in [0, 0.1) is 6.92 Å². The zero-order valence-electron chi connectivity index (χ0n) is 19.7. The van der Waals surface area contributed by atoms with Crippen molar-refractivity contribution in [3.63, 3.8) is 0 Å². The molecule has 0 heterocycles. The number of benzene rings is 3. The number of carbonyl (C=O) groups is 3. The van der Waals surface area contributed by atoms with E-state index in [2.05, 4.69) is 22.8 Å². The van der Waals surface area contributed by atoms with Crippen LogP contribution < -0.4 is 10.6 Å². The summed E-state index contributed by atoms with van der Waals surface area (Å²) < 4.78 is 5.60. The average molecular weight is 473 g/mol. The van der Waals surface area contributed by atoms with Gasteiger partial charge < -0.3 is 20.5 Å². The molecule has 0 fully saturated rings. The van der Waals surface area contributed by atoms with Crippen molar-refractivity contribution in [1.29, 1.82) is 0 Å². The van der Waals surface area contributed by atoms with Gasteiger partial charge in [-0.1, -0.05) is 85.3 Å². The Bertz CT molecular complexity index is 1190. The number of carbonyl (C=O) groups excluding carboxylic acids is 2. The molecule has 0 saturated carbocycles. The molecule has 1 aliphatic rings. The maximum atomic E-state index is 13.0. The smallest absolute Gasteiger partial charge is 0.408 e. The van der Waals surface area contributed by atoms with E-state index in [4.69, 9.17) is 4.74 Å². The molecule has 0 aliphatic heterocycles. The fraction of sp³-hybridized carbons (Fsp3) is 0.250. The van der Waals surface area contributed by atoms with Gasteiger partial charge in [0.05, 0.1) is 0 Å². The third kappa shape index (κ3) is 5.19. The Labute approximate surface area is 204 Å². The first kappa shape index (κ1) is 24.0. The number of carboxylic acid groups (broad SMARTS) is 1. The highest BCUT2D eigenvalue weighted by Crippen LogP contribution is 2.44. The van der Waals surface area contributed by atoms with E-state index in [0.29, 0.717) is 5.56 Å². The molecule has 2 amide bonds. The lowest BCUT2D eigenvalue weighted by molar-refractivity contribution is -0.142. The number of alkyl carbamates (subject to hydrolysis) is 1. The van der Waals surface area contributed by atoms with Crippen LogP contribution in [0.3, 0.4) is 0 Å². The van der Waals surface area contributed by atoms with Gasteiger partial charge in [0.25, 0.3) is 0 Å². The molecule has 1 aliphatic carbocycles. The Hall–Kier alpha value is -4.13. The van der Waals surface area contributed by atoms with Gasteiger partial charge in [-0.3, -0.25) is 4.79 Å². The van der Waals surface area contributed by atoms with Crippen LogP contribution in [0.25, 0.3) is 11.1 Å². The highest BCUT2D eigenvalue weighted by Gasteiger charge is 2.31. The highest BCUT2D eigenvalue weighted by atomic mass is 16.5. The zero-order valence-corrected chi connectivity index (χ0v) is 19.7. The molecule has 7 nitrogen and oxygen atoms in total. The molecule has 3 aromatic carbocycles. The highest BCUT2D eigenvalue weighted by molar-refractivity contribution is 5.90. The minimum atomic E-state index is -1.13. The Morgan fingerprint density at radius 3 is 2.00 bits per heavy atom. The molecule has 3 aromatic rings. The van der Waals surface area contributed by atoms with Gasteiger partial charge in [0, 0.05) is 5.92 Å². The van der Waals surface area contributed by atoms with Crippen LogP contribution in [-0.4, -0.2) is 35.7 Å². The first-order valence-electron chi connectivity index (χ1n) is 11.6. The number of rotatable bonds is 8. The van der Waals surface area contributed by atoms with E-state index in [0.717, 1.165) is 27.8 Å². The quantitative estimate of drug-likeness (QED) is 0.446. The van der Waals surface area contributed by atoms with Crippen LogP contribution in [0.2, 0.25) is 0 Å². The molecule has 0 radical (unpaired) electrons. The number of ether oxygens (including phenoxy) is 1. The van der Waals surface area contributed by atoms with Crippen LogP contribution in [-0.2, 0) is 14.3 Å². The summed E-state index contributed by atoms with van der Waals surface area (Å²) in [5, 5.41) is 14.5. The molecule has 0 saturated heterocycles. The first-order chi connectivity index (χ1) is 16.9. The third-order valence-electron chi connectivity index (χ3n) is 6.30. The lowest BCUT2D eigenvalue weighted by Crippen LogP contribution is -2.47. The fourth-order valence-corrected chi connectivity index (χ4v) is 4.41. The van der Waals surface area contributed by atoms with Crippen molar-refractivity contribution in [3.05, 3.63) is 95.1 Å². The summed E-state index contributed by atoms with van der Waals surface area (Å²) in [6.45, 7) is 3.68. The largest absolute Gasteiger partial charge is 0.480 e. The summed E-state index contributed by atoms with van der Waals surface area (Å²) >= 11 is 0. The number of hydrogen-bond acceptors (Lipinski definition) is 4. The third-order valence-corrected chi connectivity index (χ3v) is 6.30. The van der Waals surface area contributed by atoms with Crippen LogP contribution in [0.1, 0.15) is 47.6 Å². The molecule has 4 rings (SSSR count). The van der Waals surface area contributed by atoms with E-state index in [1.807, 2.05) is 55.5 Å². The second-order valence-corrected chi connectivity index (χ2v) is 8.62. The molecule has 0 bridgehead atoms. The molecular formula is C28H28N2O5. The number of aryl methyl sites for hydroxylation is 1. The van der Waals surface area contributed by atoms with Gasteiger partial charge in [-0.2, -0.15) is 0 Å². The SMILES string of the molecule is CC[C@H](NC(=O)C(NC(=O)OCC1c2ccccc2-c2ccccc21)c1ccc(C)cc1)C(=O)O. The zero-order chi connectivity index (χ0) is 24.9. The van der Waals surface area contributed by atoms with Crippen molar-refractivity contribution in [2.45, 2.75) is 38.3 Å². The van der Waals surface area contributed by atoms with Crippen LogP contribution in [0.4, 0.5) is 4.79 Å². The van der Waals surface area contributed by atoms with Crippen molar-refractivity contribution in [2.75, 3.05) is 6.61 Å². The Morgan fingerprint density at radius 2 is 1.46 bits per heavy atom. The molecular weight excluding hydrogens is 444 g/mol. The molecule has 35 heavy (non-hydrogen) atoms. The van der Waals surface area contributed by atoms with Gasteiger partial charge in [0.2, 0.25) is 5.91 Å². The number of fused-ring (bicyclic) bond motifs is 3. The number of aliphatic carboxylic acids is 1. The molecule has 3 N–H and O–H groups in total. The van der Waals surface area contributed by atoms with Gasteiger partial charge in [0.1, 0.15) is 18.7 Å². The summed E-state index contributed by atoms with van der Waals surface area (Å²) in [4.78, 5) is 37.2. The molecule has 1 unspecified atom stereocenters. The second-order valence-electron chi connectivity index (χ2n) is 8.62. The maximum absolute atomic E-state index is 13.0. The average Bonchev–Trinajstić information content (AvgIpc) is 3.18. The number of amides is 2. The predicted octanol–water partition coefficient (Wildman–Crippen LogP) is 4.55. The summed E-state index contributed by atoms with van der Waals surface area (Å²) in [6, 6.07) is 21.0. The van der Waals surface area contributed by atoms with Crippen molar-refractivity contribution < 1.29 is 24.2 Å². The minimum absolute atomic E-state index is 0.106. The van der Waals surface area contributed by atoms with Crippen LogP contribution >= 0.6 is 0 Å². The van der Waals surface area contributed by atoms with Gasteiger partial charge in [-0.25, -0.2) is 9.59 Å². The van der Waals surface area contributed by atoms with Gasteiger partial charge in [-0.05, 0) is 41.2 Å². The molecule has 0 spiro atoms. The van der Waals surface area contributed by atoms with E-state index >= 15 is 0 Å². The first-order valence-corrected chi connectivity index (χ1v) is 11.6. The number of hydrogen-bond donors (Lipinski definition) is 3. The maximum Gasteiger partial charge on any atom is 0.408 e. The van der Waals surface area contributed by atoms with Crippen molar-refractivity contribution in [3.8, 4) is 11.1 Å². The van der Waals surface area contributed by atoms with Crippen LogP contribution in [0.5, 0.6) is 0 Å². The Balaban J connectivity index is 1.50. The van der Waals surface area contributed by atoms with E-state index < -0.39 is 30.1 Å². The van der Waals surface area contributed by atoms with Crippen molar-refractivity contribution in [1.82, 2.24) is 10.6 Å². The summed E-state index contributed by atoms with van der Waals surface area (Å²) in [5.74, 6) is -1.86. The minimum Gasteiger partial charge on any atom is -0.480 e. The molecule has 2 atom stereocenters. The number of carboxylic acids is 1. The van der Waals surface area contributed by atoms with Crippen molar-refractivity contribution >= 4 is 18.0 Å². The Morgan fingerprint density at radius 1 is 0.886 bits per heavy atom. The fourth-order valence-electron chi connectivity index (χ4n) is 4.41. The van der Waals surface area contributed by atoms with E-state index in [1.54, 1.807) is 19.1 Å². The lowest BCUT2D eigenvalue weighted by atomic mass is 9.98. The molecule has 0 aromatic heterocycles. The normalized spacial score (nSPS) is 13.8. The topological polar surface area (TPSA) is 105 Å². The summed E-state index contributed by atoms with van der Waals surface area (Å²) in [5.41, 5.74) is 5.93. The van der Waals surface area contributed by atoms with Crippen molar-refractivity contribution in [2.24, 2.45) is 0 Å². The monoisotopic (exact) mass is 472 g/mol. The van der Waals surface area contributed by atoms with E-state index in [-0.39, 0.29) is 18.9 Å². The number of nitrogens with one attached hydrogen (secondary N) is 2. The second kappa shape index (κ2) is 10.4. The van der Waals surface area contributed by atoms with E-state index in [1.165, 1.54) is 0 Å².